The highest BCUT2D eigenvalue weighted by molar-refractivity contribution is 7.54. The maximum absolute atomic E-state index is 13.8. The summed E-state index contributed by atoms with van der Waals surface area (Å²) in [6, 6.07) is 0. The van der Waals surface area contributed by atoms with Gasteiger partial charge in [-0.05, 0) is 0 Å². The van der Waals surface area contributed by atoms with Gasteiger partial charge in [-0.3, -0.25) is 11.5 Å². The zero-order chi connectivity index (χ0) is 24.4. The molecule has 2 heterocycles. The summed E-state index contributed by atoms with van der Waals surface area (Å²) in [7, 11) is -4.75. The highest BCUT2D eigenvalue weighted by atomic mass is 31.2. The van der Waals surface area contributed by atoms with E-state index in [2.05, 4.69) is 41.2 Å². The van der Waals surface area contributed by atoms with Gasteiger partial charge in [-0.25, -0.2) is 23.9 Å². The zero-order valence-electron chi connectivity index (χ0n) is 17.7. The molecule has 0 saturated carbocycles. The fourth-order valence-electron chi connectivity index (χ4n) is 2.71. The van der Waals surface area contributed by atoms with Crippen LogP contribution in [0.3, 0.4) is 0 Å². The number of aliphatic imine (C=N–C) groups is 4. The smallest absolute Gasteiger partial charge is 0.395 e. The lowest BCUT2D eigenvalue weighted by molar-refractivity contribution is 0.276. The molecule has 0 bridgehead atoms. The molecule has 188 valence electrons. The van der Waals surface area contributed by atoms with Crippen molar-refractivity contribution in [2.45, 2.75) is 12.6 Å². The van der Waals surface area contributed by atoms with Crippen molar-refractivity contribution in [1.82, 2.24) is 30.6 Å². The van der Waals surface area contributed by atoms with Crippen molar-refractivity contribution in [3.8, 4) is 0 Å². The third kappa shape index (κ3) is 6.71. The van der Waals surface area contributed by atoms with Crippen molar-refractivity contribution in [2.75, 3.05) is 52.6 Å². The number of nitrogens with two attached hydrogens (primary N) is 2. The number of aliphatic hydroxyl groups excluding tert-OH is 4. The predicted molar refractivity (Wildman–Crippen MR) is 120 cm³/mol. The lowest BCUT2D eigenvalue weighted by Gasteiger charge is -2.42. The molecule has 19 heteroatoms. The first-order valence-electron chi connectivity index (χ1n) is 9.95. The molecule has 13 N–H and O–H groups in total. The number of guanidine groups is 4. The standard InChI is InChI=1S/C14H31N12O6P/c15-9-21-11(17-1-5-27)23-13(19-3-7-29)25(9)33(31,32)26-10(16)22-12(18-2-6-28)24-14(26)20-4-8-30/h9-10,27-30H,1-8,15-16H2,(H,31,32)(H2,17,19,21,23)(H2,18,20,22,24). The first kappa shape index (κ1) is 26.7. The van der Waals surface area contributed by atoms with E-state index in [1.165, 1.54) is 0 Å². The Morgan fingerprint density at radius 1 is 0.727 bits per heavy atom. The number of nitrogens with one attached hydrogen (secondary N) is 4. The van der Waals surface area contributed by atoms with Gasteiger partial charge in [0.25, 0.3) is 0 Å². The summed E-state index contributed by atoms with van der Waals surface area (Å²) in [4.78, 5) is 27.5. The minimum Gasteiger partial charge on any atom is -0.395 e. The SMILES string of the molecule is NC1N=C(NCCO)N=C(NCCO)N1P(=O)(O)N1C(NCCO)=NC(NCCO)=NC1N. The maximum Gasteiger partial charge on any atom is 0.404 e. The predicted octanol–water partition coefficient (Wildman–Crippen LogP) is -6.05. The molecule has 18 nitrogen and oxygen atoms in total. The van der Waals surface area contributed by atoms with Gasteiger partial charge >= 0.3 is 7.67 Å². The molecule has 2 aliphatic rings. The van der Waals surface area contributed by atoms with E-state index in [4.69, 9.17) is 21.7 Å². The topological polar surface area (TPSA) is 274 Å². The highest BCUT2D eigenvalue weighted by Crippen LogP contribution is 2.52. The molecule has 2 aliphatic heterocycles. The van der Waals surface area contributed by atoms with Crippen LogP contribution in [0.25, 0.3) is 0 Å². The van der Waals surface area contributed by atoms with Crippen molar-refractivity contribution < 1.29 is 29.9 Å². The summed E-state index contributed by atoms with van der Waals surface area (Å²) in [6.07, 6.45) is -2.85. The van der Waals surface area contributed by atoms with E-state index in [-0.39, 0.29) is 76.4 Å². The Morgan fingerprint density at radius 3 is 1.39 bits per heavy atom. The fourth-order valence-corrected chi connectivity index (χ4v) is 4.36. The largest absolute Gasteiger partial charge is 0.404 e. The van der Waals surface area contributed by atoms with Crippen molar-refractivity contribution in [3.63, 3.8) is 0 Å². The number of hydrogen-bond acceptors (Lipinski definition) is 15. The van der Waals surface area contributed by atoms with E-state index in [1.807, 2.05) is 0 Å². The van der Waals surface area contributed by atoms with Gasteiger partial charge in [0.2, 0.25) is 23.8 Å². The van der Waals surface area contributed by atoms with Crippen LogP contribution in [0, 0.1) is 0 Å². The van der Waals surface area contributed by atoms with Gasteiger partial charge in [0.05, 0.1) is 26.4 Å². The van der Waals surface area contributed by atoms with Crippen molar-refractivity contribution in [2.24, 2.45) is 31.4 Å². The van der Waals surface area contributed by atoms with Gasteiger partial charge in [-0.2, -0.15) is 9.98 Å². The monoisotopic (exact) mass is 494 g/mol. The van der Waals surface area contributed by atoms with Crippen molar-refractivity contribution in [1.29, 1.82) is 0 Å². The van der Waals surface area contributed by atoms with Crippen LogP contribution in [-0.2, 0) is 4.57 Å². The molecular weight excluding hydrogens is 463 g/mol. The van der Waals surface area contributed by atoms with Gasteiger partial charge in [-0.15, -0.1) is 0 Å². The average molecular weight is 494 g/mol. The maximum atomic E-state index is 13.8. The van der Waals surface area contributed by atoms with Crippen LogP contribution in [0.15, 0.2) is 20.0 Å². The van der Waals surface area contributed by atoms with E-state index in [0.29, 0.717) is 0 Å². The fraction of sp³-hybridized carbons (Fsp3) is 0.714. The van der Waals surface area contributed by atoms with E-state index in [1.54, 1.807) is 0 Å². The average Bonchev–Trinajstić information content (AvgIpc) is 2.77. The third-order valence-electron chi connectivity index (χ3n) is 4.01. The second kappa shape index (κ2) is 12.6. The summed E-state index contributed by atoms with van der Waals surface area (Å²) < 4.78 is 15.3. The quantitative estimate of drug-likeness (QED) is 0.126. The summed E-state index contributed by atoms with van der Waals surface area (Å²) in [5.41, 5.74) is 12.1. The molecule has 0 fully saturated rings. The normalized spacial score (nSPS) is 22.5. The molecule has 2 atom stereocenters. The first-order chi connectivity index (χ1) is 15.8. The number of aliphatic hydroxyl groups is 4. The molecule has 0 radical (unpaired) electrons. The minimum atomic E-state index is -4.75. The Bertz CT molecular complexity index is 760. The van der Waals surface area contributed by atoms with E-state index < -0.39 is 20.2 Å². The Kier molecular flexibility index (Phi) is 10.2. The summed E-state index contributed by atoms with van der Waals surface area (Å²) in [5.74, 6) is -0.395. The van der Waals surface area contributed by atoms with Crippen LogP contribution in [0.5, 0.6) is 0 Å². The van der Waals surface area contributed by atoms with Crippen LogP contribution in [0.4, 0.5) is 0 Å². The van der Waals surface area contributed by atoms with E-state index in [9.17, 15) is 19.7 Å². The number of rotatable bonds is 10. The summed E-state index contributed by atoms with van der Waals surface area (Å²) in [5, 5.41) is 47.2. The summed E-state index contributed by atoms with van der Waals surface area (Å²) >= 11 is 0. The Labute approximate surface area is 189 Å². The Balaban J connectivity index is 2.42. The van der Waals surface area contributed by atoms with Crippen LogP contribution in [0.2, 0.25) is 0 Å². The lowest BCUT2D eigenvalue weighted by Crippen LogP contribution is -2.59. The third-order valence-corrected chi connectivity index (χ3v) is 5.98. The minimum absolute atomic E-state index is 0.00279. The van der Waals surface area contributed by atoms with Crippen LogP contribution >= 0.6 is 7.67 Å². The molecule has 0 aromatic heterocycles. The van der Waals surface area contributed by atoms with Gasteiger partial charge in [0.15, 0.2) is 12.6 Å². The number of hydrogen-bond donors (Lipinski definition) is 11. The first-order valence-corrected chi connectivity index (χ1v) is 11.5. The summed E-state index contributed by atoms with van der Waals surface area (Å²) in [6.45, 7) is -0.896. The molecule has 0 spiro atoms. The van der Waals surface area contributed by atoms with Gasteiger partial charge in [-0.1, -0.05) is 0 Å². The van der Waals surface area contributed by atoms with Gasteiger partial charge < -0.3 is 46.6 Å². The molecule has 0 aromatic rings. The molecule has 2 unspecified atom stereocenters. The van der Waals surface area contributed by atoms with Crippen LogP contribution in [0.1, 0.15) is 0 Å². The number of nitrogens with zero attached hydrogens (tertiary/aromatic N) is 6. The Morgan fingerprint density at radius 2 is 1.06 bits per heavy atom. The second-order valence-corrected chi connectivity index (χ2v) is 8.30. The van der Waals surface area contributed by atoms with Gasteiger partial charge in [0, 0.05) is 26.2 Å². The van der Waals surface area contributed by atoms with Crippen LogP contribution in [-0.4, -0.2) is 124 Å². The van der Waals surface area contributed by atoms with Crippen LogP contribution < -0.4 is 32.7 Å². The molecule has 0 aromatic carbocycles. The van der Waals surface area contributed by atoms with Crippen molar-refractivity contribution in [3.05, 3.63) is 0 Å². The Hall–Kier alpha value is -2.57. The van der Waals surface area contributed by atoms with Crippen molar-refractivity contribution >= 4 is 31.5 Å². The molecule has 0 aliphatic carbocycles. The second-order valence-electron chi connectivity index (χ2n) is 6.41. The lowest BCUT2D eigenvalue weighted by atomic mass is 10.6. The molecular formula is C14H31N12O6P. The molecule has 0 saturated heterocycles. The van der Waals surface area contributed by atoms with E-state index >= 15 is 0 Å². The van der Waals surface area contributed by atoms with E-state index in [0.717, 1.165) is 9.34 Å². The molecule has 2 rings (SSSR count). The highest BCUT2D eigenvalue weighted by Gasteiger charge is 2.48. The molecule has 0 amide bonds. The van der Waals surface area contributed by atoms with Gasteiger partial charge in [0.1, 0.15) is 0 Å². The zero-order valence-corrected chi connectivity index (χ0v) is 18.6. The molecule has 33 heavy (non-hydrogen) atoms.